The number of aryl methyl sites for hydroxylation is 3. The van der Waals surface area contributed by atoms with Crippen molar-refractivity contribution in [2.45, 2.75) is 26.7 Å². The SMILES string of the molecule is CCc1ccc(CC(=O)c2cn(C)nc2C)s1. The molecule has 0 saturated heterocycles. The molecule has 0 radical (unpaired) electrons. The average Bonchev–Trinajstić information content (AvgIpc) is 2.85. The molecule has 0 aliphatic heterocycles. The summed E-state index contributed by atoms with van der Waals surface area (Å²) in [6.45, 7) is 4.00. The molecule has 0 aliphatic carbocycles. The molecular formula is C13H16N2OS. The van der Waals surface area contributed by atoms with Gasteiger partial charge in [0.1, 0.15) is 0 Å². The van der Waals surface area contributed by atoms with Crippen molar-refractivity contribution in [1.29, 1.82) is 0 Å². The van der Waals surface area contributed by atoms with Crippen molar-refractivity contribution < 1.29 is 4.79 Å². The fourth-order valence-corrected chi connectivity index (χ4v) is 2.79. The Hall–Kier alpha value is -1.42. The Morgan fingerprint density at radius 3 is 2.65 bits per heavy atom. The standard InChI is InChI=1S/C13H16N2OS/c1-4-10-5-6-11(17-10)7-13(16)12-8-15(3)14-9(12)2/h5-6,8H,4,7H2,1-3H3. The molecule has 0 bridgehead atoms. The Morgan fingerprint density at radius 2 is 2.12 bits per heavy atom. The van der Waals surface area contributed by atoms with Crippen LogP contribution in [0.25, 0.3) is 0 Å². The van der Waals surface area contributed by atoms with Gasteiger partial charge in [-0.05, 0) is 25.5 Å². The molecule has 0 atom stereocenters. The summed E-state index contributed by atoms with van der Waals surface area (Å²) >= 11 is 1.72. The van der Waals surface area contributed by atoms with Crippen LogP contribution in [0, 0.1) is 6.92 Å². The van der Waals surface area contributed by atoms with Crippen LogP contribution in [0.4, 0.5) is 0 Å². The Morgan fingerprint density at radius 1 is 1.41 bits per heavy atom. The third-order valence-corrected chi connectivity index (χ3v) is 3.94. The Balaban J connectivity index is 2.14. The molecule has 0 fully saturated rings. The third-order valence-electron chi connectivity index (χ3n) is 2.71. The number of thiophene rings is 1. The van der Waals surface area contributed by atoms with Gasteiger partial charge in [-0.3, -0.25) is 9.48 Å². The molecule has 0 unspecified atom stereocenters. The maximum absolute atomic E-state index is 12.1. The van der Waals surface area contributed by atoms with Gasteiger partial charge in [0.25, 0.3) is 0 Å². The number of Topliss-reactive ketones (excluding diaryl/α,β-unsaturated/α-hetero) is 1. The van der Waals surface area contributed by atoms with E-state index < -0.39 is 0 Å². The van der Waals surface area contributed by atoms with Crippen LogP contribution in [0.3, 0.4) is 0 Å². The minimum Gasteiger partial charge on any atom is -0.294 e. The van der Waals surface area contributed by atoms with Crippen molar-refractivity contribution in [2.75, 3.05) is 0 Å². The molecule has 0 aliphatic rings. The summed E-state index contributed by atoms with van der Waals surface area (Å²) in [5.41, 5.74) is 1.55. The van der Waals surface area contributed by atoms with E-state index in [4.69, 9.17) is 0 Å². The molecule has 3 nitrogen and oxygen atoms in total. The number of carbonyl (C=O) groups excluding carboxylic acids is 1. The molecule has 2 heterocycles. The average molecular weight is 248 g/mol. The van der Waals surface area contributed by atoms with Crippen molar-refractivity contribution in [3.05, 3.63) is 39.3 Å². The summed E-state index contributed by atoms with van der Waals surface area (Å²) in [6, 6.07) is 4.15. The summed E-state index contributed by atoms with van der Waals surface area (Å²) in [5, 5.41) is 4.19. The lowest BCUT2D eigenvalue weighted by molar-refractivity contribution is 0.0993. The van der Waals surface area contributed by atoms with Gasteiger partial charge in [0.15, 0.2) is 5.78 Å². The maximum Gasteiger partial charge on any atom is 0.171 e. The molecule has 0 aromatic carbocycles. The lowest BCUT2D eigenvalue weighted by Gasteiger charge is -1.96. The minimum absolute atomic E-state index is 0.153. The van der Waals surface area contributed by atoms with Crippen molar-refractivity contribution in [3.8, 4) is 0 Å². The summed E-state index contributed by atoms with van der Waals surface area (Å²) in [7, 11) is 1.84. The van der Waals surface area contributed by atoms with Crippen LogP contribution in [0.2, 0.25) is 0 Å². The second-order valence-electron chi connectivity index (χ2n) is 4.12. The number of nitrogens with zero attached hydrogens (tertiary/aromatic N) is 2. The molecule has 90 valence electrons. The van der Waals surface area contributed by atoms with E-state index in [9.17, 15) is 4.79 Å². The Labute approximate surface area is 105 Å². The smallest absolute Gasteiger partial charge is 0.171 e. The van der Waals surface area contributed by atoms with Crippen LogP contribution in [0.1, 0.15) is 32.7 Å². The molecule has 0 N–H and O–H groups in total. The molecule has 4 heteroatoms. The zero-order valence-electron chi connectivity index (χ0n) is 10.4. The van der Waals surface area contributed by atoms with Crippen molar-refractivity contribution in [3.63, 3.8) is 0 Å². The first-order chi connectivity index (χ1) is 8.10. The maximum atomic E-state index is 12.1. The number of carbonyl (C=O) groups is 1. The van der Waals surface area contributed by atoms with E-state index in [2.05, 4.69) is 18.1 Å². The number of rotatable bonds is 4. The summed E-state index contributed by atoms with van der Waals surface area (Å²) in [5.74, 6) is 0.153. The van der Waals surface area contributed by atoms with Crippen LogP contribution >= 0.6 is 11.3 Å². The van der Waals surface area contributed by atoms with Crippen LogP contribution in [0.5, 0.6) is 0 Å². The van der Waals surface area contributed by atoms with E-state index in [0.717, 1.165) is 22.6 Å². The molecule has 0 spiro atoms. The highest BCUT2D eigenvalue weighted by Crippen LogP contribution is 2.19. The molecular weight excluding hydrogens is 232 g/mol. The first-order valence-electron chi connectivity index (χ1n) is 5.71. The van der Waals surface area contributed by atoms with Gasteiger partial charge in [0.2, 0.25) is 0 Å². The van der Waals surface area contributed by atoms with Gasteiger partial charge in [-0.1, -0.05) is 6.92 Å². The van der Waals surface area contributed by atoms with Crippen molar-refractivity contribution in [1.82, 2.24) is 9.78 Å². The van der Waals surface area contributed by atoms with E-state index >= 15 is 0 Å². The van der Waals surface area contributed by atoms with Crippen LogP contribution < -0.4 is 0 Å². The van der Waals surface area contributed by atoms with Gasteiger partial charge >= 0.3 is 0 Å². The fourth-order valence-electron chi connectivity index (χ4n) is 1.83. The largest absolute Gasteiger partial charge is 0.294 e. The van der Waals surface area contributed by atoms with Gasteiger partial charge in [0, 0.05) is 29.4 Å². The van der Waals surface area contributed by atoms with Crippen molar-refractivity contribution in [2.24, 2.45) is 7.05 Å². The monoisotopic (exact) mass is 248 g/mol. The van der Waals surface area contributed by atoms with Crippen LogP contribution in [-0.2, 0) is 19.9 Å². The number of hydrogen-bond donors (Lipinski definition) is 0. The van der Waals surface area contributed by atoms with Crippen molar-refractivity contribution >= 4 is 17.1 Å². The van der Waals surface area contributed by atoms with Gasteiger partial charge in [-0.2, -0.15) is 5.10 Å². The predicted molar refractivity (Wildman–Crippen MR) is 69.7 cm³/mol. The fraction of sp³-hybridized carbons (Fsp3) is 0.385. The lowest BCUT2D eigenvalue weighted by atomic mass is 10.1. The molecule has 2 aromatic heterocycles. The topological polar surface area (TPSA) is 34.9 Å². The van der Waals surface area contributed by atoms with E-state index in [1.807, 2.05) is 20.0 Å². The highest BCUT2D eigenvalue weighted by Gasteiger charge is 2.13. The quantitative estimate of drug-likeness (QED) is 0.780. The van der Waals surface area contributed by atoms with Gasteiger partial charge < -0.3 is 0 Å². The molecule has 0 amide bonds. The van der Waals surface area contributed by atoms with E-state index in [1.54, 1.807) is 22.2 Å². The first-order valence-corrected chi connectivity index (χ1v) is 6.53. The molecule has 17 heavy (non-hydrogen) atoms. The molecule has 0 saturated carbocycles. The highest BCUT2D eigenvalue weighted by molar-refractivity contribution is 7.12. The summed E-state index contributed by atoms with van der Waals surface area (Å²) in [6.07, 6.45) is 3.31. The third kappa shape index (κ3) is 2.64. The lowest BCUT2D eigenvalue weighted by Crippen LogP contribution is -2.02. The zero-order chi connectivity index (χ0) is 12.4. The van der Waals surface area contributed by atoms with Crippen LogP contribution in [-0.4, -0.2) is 15.6 Å². The second kappa shape index (κ2) is 4.84. The minimum atomic E-state index is 0.153. The number of ketones is 1. The predicted octanol–water partition coefficient (Wildman–Crippen LogP) is 2.78. The first kappa shape index (κ1) is 12.0. The van der Waals surface area contributed by atoms with Gasteiger partial charge in [-0.25, -0.2) is 0 Å². The normalized spacial score (nSPS) is 10.8. The van der Waals surface area contributed by atoms with E-state index in [-0.39, 0.29) is 5.78 Å². The summed E-state index contributed by atoms with van der Waals surface area (Å²) in [4.78, 5) is 14.6. The van der Waals surface area contributed by atoms with Crippen LogP contribution in [0.15, 0.2) is 18.3 Å². The highest BCUT2D eigenvalue weighted by atomic mass is 32.1. The second-order valence-corrected chi connectivity index (χ2v) is 5.38. The Bertz CT molecular complexity index is 539. The van der Waals surface area contributed by atoms with Gasteiger partial charge in [0.05, 0.1) is 11.3 Å². The summed E-state index contributed by atoms with van der Waals surface area (Å²) < 4.78 is 1.69. The van der Waals surface area contributed by atoms with E-state index in [1.165, 1.54) is 4.88 Å². The zero-order valence-corrected chi connectivity index (χ0v) is 11.2. The number of hydrogen-bond acceptors (Lipinski definition) is 3. The number of aromatic nitrogens is 2. The molecule has 2 rings (SSSR count). The van der Waals surface area contributed by atoms with Gasteiger partial charge in [-0.15, -0.1) is 11.3 Å². The molecule has 2 aromatic rings. The Kier molecular flexibility index (Phi) is 3.43. The van der Waals surface area contributed by atoms with E-state index in [0.29, 0.717) is 6.42 Å².